The standard InChI is InChI=1S/C16H24N2O2/c1-12-3-5-14(6-4-12)16(19)18-9-8-17-13(2)15-7-10-20-11-15/h3-6,13,15,17H,7-11H2,1-2H3,(H,18,19). The van der Waals surface area contributed by atoms with Gasteiger partial charge in [-0.05, 0) is 38.3 Å². The lowest BCUT2D eigenvalue weighted by Gasteiger charge is -2.19. The van der Waals surface area contributed by atoms with Gasteiger partial charge in [-0.25, -0.2) is 0 Å². The first-order valence-electron chi connectivity index (χ1n) is 7.33. The van der Waals surface area contributed by atoms with E-state index in [1.165, 1.54) is 0 Å². The van der Waals surface area contributed by atoms with Gasteiger partial charge in [0.1, 0.15) is 0 Å². The van der Waals surface area contributed by atoms with Crippen molar-refractivity contribution >= 4 is 5.91 Å². The zero-order valence-corrected chi connectivity index (χ0v) is 12.3. The summed E-state index contributed by atoms with van der Waals surface area (Å²) < 4.78 is 5.38. The van der Waals surface area contributed by atoms with Gasteiger partial charge in [0, 0.05) is 31.3 Å². The SMILES string of the molecule is Cc1ccc(C(=O)NCCNC(C)C2CCOC2)cc1. The number of benzene rings is 1. The molecule has 2 N–H and O–H groups in total. The number of amides is 1. The molecule has 1 aromatic carbocycles. The first-order valence-corrected chi connectivity index (χ1v) is 7.33. The van der Waals surface area contributed by atoms with Crippen LogP contribution in [0.25, 0.3) is 0 Å². The largest absolute Gasteiger partial charge is 0.381 e. The summed E-state index contributed by atoms with van der Waals surface area (Å²) in [6, 6.07) is 8.06. The number of rotatable bonds is 6. The normalized spacial score (nSPS) is 19.8. The number of nitrogens with one attached hydrogen (secondary N) is 2. The van der Waals surface area contributed by atoms with Gasteiger partial charge in [-0.1, -0.05) is 17.7 Å². The van der Waals surface area contributed by atoms with E-state index in [-0.39, 0.29) is 5.91 Å². The van der Waals surface area contributed by atoms with Gasteiger partial charge in [0.15, 0.2) is 0 Å². The molecule has 2 atom stereocenters. The third kappa shape index (κ3) is 4.32. The minimum atomic E-state index is -0.0105. The third-order valence-electron chi connectivity index (χ3n) is 3.86. The van der Waals surface area contributed by atoms with Crippen LogP contribution in [0.1, 0.15) is 29.3 Å². The van der Waals surface area contributed by atoms with E-state index in [9.17, 15) is 4.79 Å². The molecule has 2 rings (SSSR count). The van der Waals surface area contributed by atoms with Crippen molar-refractivity contribution in [2.45, 2.75) is 26.3 Å². The number of carbonyl (C=O) groups excluding carboxylic acids is 1. The zero-order valence-electron chi connectivity index (χ0n) is 12.3. The van der Waals surface area contributed by atoms with Crippen LogP contribution in [0, 0.1) is 12.8 Å². The van der Waals surface area contributed by atoms with Crippen molar-refractivity contribution in [1.82, 2.24) is 10.6 Å². The Hall–Kier alpha value is -1.39. The van der Waals surface area contributed by atoms with E-state index in [0.717, 1.165) is 31.7 Å². The van der Waals surface area contributed by atoms with E-state index in [2.05, 4.69) is 17.6 Å². The van der Waals surface area contributed by atoms with Crippen LogP contribution in [0.15, 0.2) is 24.3 Å². The van der Waals surface area contributed by atoms with Gasteiger partial charge in [0.2, 0.25) is 0 Å². The van der Waals surface area contributed by atoms with Crippen LogP contribution in [-0.2, 0) is 4.74 Å². The molecule has 0 aromatic heterocycles. The average molecular weight is 276 g/mol. The Kier molecular flexibility index (Phi) is 5.56. The summed E-state index contributed by atoms with van der Waals surface area (Å²) in [5.41, 5.74) is 1.88. The van der Waals surface area contributed by atoms with Gasteiger partial charge in [-0.2, -0.15) is 0 Å². The third-order valence-corrected chi connectivity index (χ3v) is 3.86. The fourth-order valence-electron chi connectivity index (χ4n) is 2.40. The number of aryl methyl sites for hydroxylation is 1. The van der Waals surface area contributed by atoms with Crippen molar-refractivity contribution in [1.29, 1.82) is 0 Å². The number of hydrogen-bond acceptors (Lipinski definition) is 3. The second-order valence-corrected chi connectivity index (χ2v) is 5.49. The predicted octanol–water partition coefficient (Wildman–Crippen LogP) is 1.74. The van der Waals surface area contributed by atoms with Crippen molar-refractivity contribution in [3.63, 3.8) is 0 Å². The number of hydrogen-bond donors (Lipinski definition) is 2. The van der Waals surface area contributed by atoms with Gasteiger partial charge in [0.05, 0.1) is 6.61 Å². The molecule has 1 fully saturated rings. The highest BCUT2D eigenvalue weighted by atomic mass is 16.5. The Morgan fingerprint density at radius 2 is 2.10 bits per heavy atom. The van der Waals surface area contributed by atoms with Gasteiger partial charge < -0.3 is 15.4 Å². The highest BCUT2D eigenvalue weighted by Gasteiger charge is 2.21. The second-order valence-electron chi connectivity index (χ2n) is 5.49. The highest BCUT2D eigenvalue weighted by molar-refractivity contribution is 5.94. The monoisotopic (exact) mass is 276 g/mol. The topological polar surface area (TPSA) is 50.4 Å². The molecule has 4 heteroatoms. The molecule has 0 saturated carbocycles. The molecule has 0 aliphatic carbocycles. The molecule has 20 heavy (non-hydrogen) atoms. The lowest BCUT2D eigenvalue weighted by molar-refractivity contribution is 0.0953. The molecule has 1 saturated heterocycles. The first kappa shape index (κ1) is 15.0. The average Bonchev–Trinajstić information content (AvgIpc) is 2.98. The molecular formula is C16H24N2O2. The van der Waals surface area contributed by atoms with E-state index in [4.69, 9.17) is 4.74 Å². The Balaban J connectivity index is 1.65. The van der Waals surface area contributed by atoms with Gasteiger partial charge in [0.25, 0.3) is 5.91 Å². The molecule has 2 unspecified atom stereocenters. The predicted molar refractivity (Wildman–Crippen MR) is 79.9 cm³/mol. The Morgan fingerprint density at radius 1 is 1.35 bits per heavy atom. The quantitative estimate of drug-likeness (QED) is 0.778. The Bertz CT molecular complexity index is 425. The summed E-state index contributed by atoms with van der Waals surface area (Å²) in [4.78, 5) is 11.9. The van der Waals surface area contributed by atoms with Crippen molar-refractivity contribution in [2.24, 2.45) is 5.92 Å². The van der Waals surface area contributed by atoms with Crippen molar-refractivity contribution in [3.05, 3.63) is 35.4 Å². The molecule has 0 spiro atoms. The first-order chi connectivity index (χ1) is 9.66. The van der Waals surface area contributed by atoms with E-state index >= 15 is 0 Å². The van der Waals surface area contributed by atoms with Crippen molar-refractivity contribution in [2.75, 3.05) is 26.3 Å². The maximum absolute atomic E-state index is 11.9. The van der Waals surface area contributed by atoms with Crippen LogP contribution in [0.2, 0.25) is 0 Å². The molecular weight excluding hydrogens is 252 g/mol. The van der Waals surface area contributed by atoms with Gasteiger partial charge >= 0.3 is 0 Å². The van der Waals surface area contributed by atoms with Crippen LogP contribution in [0.4, 0.5) is 0 Å². The van der Waals surface area contributed by atoms with Crippen LogP contribution in [0.5, 0.6) is 0 Å². The van der Waals surface area contributed by atoms with E-state index in [1.54, 1.807) is 0 Å². The molecule has 110 valence electrons. The van der Waals surface area contributed by atoms with Gasteiger partial charge in [-0.15, -0.1) is 0 Å². The van der Waals surface area contributed by atoms with E-state index < -0.39 is 0 Å². The zero-order chi connectivity index (χ0) is 14.4. The van der Waals surface area contributed by atoms with Crippen molar-refractivity contribution in [3.8, 4) is 0 Å². The molecule has 0 bridgehead atoms. The molecule has 1 aliphatic heterocycles. The molecule has 1 heterocycles. The summed E-state index contributed by atoms with van der Waals surface area (Å²) in [5.74, 6) is 0.589. The van der Waals surface area contributed by atoms with Crippen LogP contribution in [-0.4, -0.2) is 38.3 Å². The fourth-order valence-corrected chi connectivity index (χ4v) is 2.40. The summed E-state index contributed by atoms with van der Waals surface area (Å²) in [6.45, 7) is 7.35. The molecule has 1 aromatic rings. The maximum atomic E-state index is 11.9. The van der Waals surface area contributed by atoms with Gasteiger partial charge in [-0.3, -0.25) is 4.79 Å². The molecule has 1 aliphatic rings. The Morgan fingerprint density at radius 3 is 2.75 bits per heavy atom. The van der Waals surface area contributed by atoms with Crippen LogP contribution in [0.3, 0.4) is 0 Å². The minimum absolute atomic E-state index is 0.0105. The molecule has 0 radical (unpaired) electrons. The molecule has 1 amide bonds. The number of carbonyl (C=O) groups is 1. The minimum Gasteiger partial charge on any atom is -0.381 e. The van der Waals surface area contributed by atoms with Crippen molar-refractivity contribution < 1.29 is 9.53 Å². The summed E-state index contributed by atoms with van der Waals surface area (Å²) in [7, 11) is 0. The van der Waals surface area contributed by atoms with E-state index in [0.29, 0.717) is 24.1 Å². The maximum Gasteiger partial charge on any atom is 0.251 e. The van der Waals surface area contributed by atoms with E-state index in [1.807, 2.05) is 31.2 Å². The lowest BCUT2D eigenvalue weighted by Crippen LogP contribution is -2.39. The Labute approximate surface area is 120 Å². The smallest absolute Gasteiger partial charge is 0.251 e. The van der Waals surface area contributed by atoms with Crippen LogP contribution >= 0.6 is 0 Å². The van der Waals surface area contributed by atoms with Crippen LogP contribution < -0.4 is 10.6 Å². The number of ether oxygens (including phenoxy) is 1. The lowest BCUT2D eigenvalue weighted by atomic mass is 10.0. The highest BCUT2D eigenvalue weighted by Crippen LogP contribution is 2.15. The molecule has 4 nitrogen and oxygen atoms in total. The summed E-state index contributed by atoms with van der Waals surface area (Å²) in [6.07, 6.45) is 1.13. The summed E-state index contributed by atoms with van der Waals surface area (Å²) >= 11 is 0. The second kappa shape index (κ2) is 7.41. The fraction of sp³-hybridized carbons (Fsp3) is 0.562. The summed E-state index contributed by atoms with van der Waals surface area (Å²) in [5, 5.41) is 6.38.